The van der Waals surface area contributed by atoms with E-state index in [-0.39, 0.29) is 11.9 Å². The minimum absolute atomic E-state index is 0.154. The maximum absolute atomic E-state index is 12.5. The number of nitrogens with one attached hydrogen (secondary N) is 1. The molecule has 0 saturated heterocycles. The second kappa shape index (κ2) is 9.09. The molecule has 6 heteroatoms. The zero-order chi connectivity index (χ0) is 21.6. The van der Waals surface area contributed by atoms with E-state index in [9.17, 15) is 4.79 Å². The number of amides is 1. The smallest absolute Gasteiger partial charge is 0.321 e. The fourth-order valence-electron chi connectivity index (χ4n) is 3.01. The molecule has 0 fully saturated rings. The maximum atomic E-state index is 12.5. The molecule has 3 aromatic carbocycles. The summed E-state index contributed by atoms with van der Waals surface area (Å²) < 4.78 is 10.9. The molecule has 6 nitrogen and oxygen atoms in total. The van der Waals surface area contributed by atoms with Gasteiger partial charge in [-0.1, -0.05) is 36.4 Å². The Hall–Kier alpha value is -4.19. The predicted molar refractivity (Wildman–Crippen MR) is 120 cm³/mol. The number of hydrogen-bond donors (Lipinski definition) is 1. The lowest BCUT2D eigenvalue weighted by molar-refractivity contribution is 0.102. The molecule has 154 valence electrons. The Labute approximate surface area is 180 Å². The first-order valence-corrected chi connectivity index (χ1v) is 9.74. The zero-order valence-corrected chi connectivity index (χ0v) is 17.2. The van der Waals surface area contributed by atoms with Crippen LogP contribution in [0, 0.1) is 6.92 Å². The van der Waals surface area contributed by atoms with Gasteiger partial charge in [0, 0.05) is 35.3 Å². The number of ether oxygens (including phenoxy) is 2. The number of aryl methyl sites for hydroxylation is 1. The van der Waals surface area contributed by atoms with Gasteiger partial charge in [-0.25, -0.2) is 9.97 Å². The molecule has 1 N–H and O–H groups in total. The van der Waals surface area contributed by atoms with Crippen molar-refractivity contribution >= 4 is 11.6 Å². The minimum atomic E-state index is -0.154. The van der Waals surface area contributed by atoms with E-state index in [0.717, 1.165) is 22.4 Å². The Balaban J connectivity index is 1.44. The van der Waals surface area contributed by atoms with Crippen LogP contribution in [0.4, 0.5) is 5.69 Å². The van der Waals surface area contributed by atoms with Gasteiger partial charge in [-0.3, -0.25) is 4.79 Å². The highest BCUT2D eigenvalue weighted by atomic mass is 16.5. The van der Waals surface area contributed by atoms with Crippen LogP contribution in [0.15, 0.2) is 85.2 Å². The van der Waals surface area contributed by atoms with Gasteiger partial charge in [0.05, 0.1) is 7.11 Å². The number of hydrogen-bond acceptors (Lipinski definition) is 5. The molecule has 0 radical (unpaired) electrons. The lowest BCUT2D eigenvalue weighted by atomic mass is 10.1. The van der Waals surface area contributed by atoms with Gasteiger partial charge in [0.2, 0.25) is 0 Å². The van der Waals surface area contributed by atoms with Gasteiger partial charge in [0.1, 0.15) is 11.5 Å². The normalized spacial score (nSPS) is 10.4. The molecule has 0 aliphatic heterocycles. The number of carbonyl (C=O) groups excluding carboxylic acids is 1. The van der Waals surface area contributed by atoms with Crippen molar-refractivity contribution in [3.8, 4) is 28.6 Å². The first-order valence-electron chi connectivity index (χ1n) is 9.74. The molecule has 0 bridgehead atoms. The molecule has 1 heterocycles. The van der Waals surface area contributed by atoms with Crippen LogP contribution in [0.2, 0.25) is 0 Å². The van der Waals surface area contributed by atoms with E-state index in [1.54, 1.807) is 43.8 Å². The van der Waals surface area contributed by atoms with Crippen molar-refractivity contribution in [2.75, 3.05) is 12.4 Å². The summed E-state index contributed by atoms with van der Waals surface area (Å²) in [5.41, 5.74) is 4.12. The molecule has 0 atom stereocenters. The van der Waals surface area contributed by atoms with Gasteiger partial charge in [0.25, 0.3) is 5.91 Å². The summed E-state index contributed by atoms with van der Waals surface area (Å²) in [5.74, 6) is 1.14. The van der Waals surface area contributed by atoms with E-state index in [2.05, 4.69) is 15.3 Å². The summed E-state index contributed by atoms with van der Waals surface area (Å²) in [6, 6.07) is 22.5. The maximum Gasteiger partial charge on any atom is 0.321 e. The fraction of sp³-hybridized carbons (Fsp3) is 0.0800. The number of rotatable bonds is 6. The second-order valence-electron chi connectivity index (χ2n) is 6.88. The molecular weight excluding hydrogens is 390 g/mol. The van der Waals surface area contributed by atoms with Crippen LogP contribution in [0.1, 0.15) is 15.9 Å². The molecular formula is C25H21N3O3. The monoisotopic (exact) mass is 411 g/mol. The number of carbonyl (C=O) groups is 1. The largest absolute Gasteiger partial charge is 0.497 e. The Kier molecular flexibility index (Phi) is 5.89. The Bertz CT molecular complexity index is 1190. The molecule has 0 aliphatic rings. The molecule has 0 spiro atoms. The van der Waals surface area contributed by atoms with Crippen molar-refractivity contribution in [2.45, 2.75) is 6.92 Å². The van der Waals surface area contributed by atoms with Gasteiger partial charge in [-0.15, -0.1) is 0 Å². The molecule has 4 aromatic rings. The molecule has 0 unspecified atom stereocenters. The number of aromatic nitrogens is 2. The first-order chi connectivity index (χ1) is 15.1. The molecule has 1 amide bonds. The van der Waals surface area contributed by atoms with Crippen molar-refractivity contribution in [3.63, 3.8) is 0 Å². The van der Waals surface area contributed by atoms with Gasteiger partial charge >= 0.3 is 6.01 Å². The van der Waals surface area contributed by atoms with Crippen LogP contribution < -0.4 is 14.8 Å². The topological polar surface area (TPSA) is 73.3 Å². The summed E-state index contributed by atoms with van der Waals surface area (Å²) in [6.07, 6.45) is 3.37. The van der Waals surface area contributed by atoms with Crippen molar-refractivity contribution in [1.82, 2.24) is 9.97 Å². The number of benzene rings is 3. The van der Waals surface area contributed by atoms with Gasteiger partial charge in [-0.2, -0.15) is 0 Å². The summed E-state index contributed by atoms with van der Waals surface area (Å²) in [7, 11) is 1.60. The van der Waals surface area contributed by atoms with E-state index < -0.39 is 0 Å². The Morgan fingerprint density at radius 1 is 0.839 bits per heavy atom. The third-order valence-electron chi connectivity index (χ3n) is 4.75. The summed E-state index contributed by atoms with van der Waals surface area (Å²) in [6.45, 7) is 1.96. The highest BCUT2D eigenvalue weighted by Gasteiger charge is 2.09. The van der Waals surface area contributed by atoms with Crippen molar-refractivity contribution in [1.29, 1.82) is 0 Å². The average molecular weight is 411 g/mol. The number of nitrogens with zero attached hydrogens (tertiary/aromatic N) is 2. The van der Waals surface area contributed by atoms with Crippen molar-refractivity contribution in [3.05, 3.63) is 96.3 Å². The van der Waals surface area contributed by atoms with E-state index in [1.165, 1.54) is 0 Å². The van der Waals surface area contributed by atoms with E-state index in [4.69, 9.17) is 9.47 Å². The molecule has 31 heavy (non-hydrogen) atoms. The van der Waals surface area contributed by atoms with Crippen molar-refractivity contribution < 1.29 is 14.3 Å². The average Bonchev–Trinajstić information content (AvgIpc) is 2.81. The van der Waals surface area contributed by atoms with Gasteiger partial charge in [-0.05, 0) is 48.4 Å². The zero-order valence-electron chi connectivity index (χ0n) is 17.2. The second-order valence-corrected chi connectivity index (χ2v) is 6.88. The van der Waals surface area contributed by atoms with Crippen LogP contribution >= 0.6 is 0 Å². The molecule has 4 rings (SSSR count). The first kappa shape index (κ1) is 20.1. The van der Waals surface area contributed by atoms with E-state index >= 15 is 0 Å². The quantitative estimate of drug-likeness (QED) is 0.453. The van der Waals surface area contributed by atoms with Crippen LogP contribution in [0.5, 0.6) is 17.5 Å². The third kappa shape index (κ3) is 4.87. The summed E-state index contributed by atoms with van der Waals surface area (Å²) in [5, 5.41) is 2.94. The molecule has 0 saturated carbocycles. The Morgan fingerprint density at radius 3 is 2.26 bits per heavy atom. The van der Waals surface area contributed by atoms with Gasteiger partial charge < -0.3 is 14.8 Å². The number of methoxy groups -OCH3 is 1. The summed E-state index contributed by atoms with van der Waals surface area (Å²) >= 11 is 0. The third-order valence-corrected chi connectivity index (χ3v) is 4.75. The Morgan fingerprint density at radius 2 is 1.55 bits per heavy atom. The highest BCUT2D eigenvalue weighted by molar-refractivity contribution is 6.04. The fourth-order valence-corrected chi connectivity index (χ4v) is 3.01. The van der Waals surface area contributed by atoms with Crippen LogP contribution in [-0.4, -0.2) is 23.0 Å². The van der Waals surface area contributed by atoms with Crippen LogP contribution in [-0.2, 0) is 0 Å². The van der Waals surface area contributed by atoms with Crippen LogP contribution in [0.3, 0.4) is 0 Å². The van der Waals surface area contributed by atoms with Crippen molar-refractivity contribution in [2.24, 2.45) is 0 Å². The van der Waals surface area contributed by atoms with E-state index in [1.807, 2.05) is 55.5 Å². The summed E-state index contributed by atoms with van der Waals surface area (Å²) in [4.78, 5) is 21.1. The van der Waals surface area contributed by atoms with E-state index in [0.29, 0.717) is 17.1 Å². The highest BCUT2D eigenvalue weighted by Crippen LogP contribution is 2.24. The lowest BCUT2D eigenvalue weighted by Gasteiger charge is -2.09. The predicted octanol–water partition coefficient (Wildman–Crippen LogP) is 5.51. The SMILES string of the molecule is COc1cccc(Oc2ncc(-c3ccc(C(=O)Nc4ccccc4C)cc3)cn2)c1. The molecule has 0 aliphatic carbocycles. The number of anilines is 1. The number of para-hydroxylation sites is 1. The minimum Gasteiger partial charge on any atom is -0.497 e. The molecule has 1 aromatic heterocycles. The lowest BCUT2D eigenvalue weighted by Crippen LogP contribution is -2.12. The van der Waals surface area contributed by atoms with Gasteiger partial charge in [0.15, 0.2) is 0 Å². The standard InChI is InChI=1S/C25H21N3O3/c1-17-6-3-4-9-23(17)28-24(29)19-12-10-18(11-13-19)20-15-26-25(27-16-20)31-22-8-5-7-21(14-22)30-2/h3-16H,1-2H3,(H,28,29). The van der Waals surface area contributed by atoms with Crippen LogP contribution in [0.25, 0.3) is 11.1 Å².